The van der Waals surface area contributed by atoms with Gasteiger partial charge in [0.2, 0.25) is 0 Å². The van der Waals surface area contributed by atoms with Crippen molar-refractivity contribution in [2.45, 2.75) is 297 Å². The molecule has 0 aliphatic heterocycles. The van der Waals surface area contributed by atoms with E-state index in [-0.39, 0.29) is 31.1 Å². The van der Waals surface area contributed by atoms with Gasteiger partial charge in [-0.2, -0.15) is 0 Å². The molecule has 0 fully saturated rings. The van der Waals surface area contributed by atoms with Crippen molar-refractivity contribution in [3.8, 4) is 0 Å². The Morgan fingerprint density at radius 3 is 0.923 bits per heavy atom. The monoisotopic (exact) mass is 911 g/mol. The molecule has 0 saturated carbocycles. The van der Waals surface area contributed by atoms with Crippen molar-refractivity contribution < 1.29 is 28.6 Å². The van der Waals surface area contributed by atoms with Crippen LogP contribution < -0.4 is 0 Å². The Labute approximate surface area is 403 Å². The minimum absolute atomic E-state index is 0.0761. The molecule has 0 aliphatic carbocycles. The summed E-state index contributed by atoms with van der Waals surface area (Å²) in [5.74, 6) is -0.880. The zero-order valence-electron chi connectivity index (χ0n) is 43.3. The van der Waals surface area contributed by atoms with Crippen LogP contribution in [0, 0.1) is 0 Å². The van der Waals surface area contributed by atoms with E-state index in [1.165, 1.54) is 154 Å². The maximum atomic E-state index is 12.8. The second-order valence-corrected chi connectivity index (χ2v) is 18.8. The molecule has 0 heterocycles. The van der Waals surface area contributed by atoms with Gasteiger partial charge < -0.3 is 14.2 Å². The first-order chi connectivity index (χ1) is 32.0. The molecule has 0 aliphatic rings. The van der Waals surface area contributed by atoms with E-state index < -0.39 is 6.10 Å². The minimum atomic E-state index is -0.778. The van der Waals surface area contributed by atoms with Crippen LogP contribution in [0.15, 0.2) is 48.6 Å². The maximum absolute atomic E-state index is 12.8. The summed E-state index contributed by atoms with van der Waals surface area (Å²) in [5.41, 5.74) is 0. The number of unbranched alkanes of at least 4 members (excludes halogenated alkanes) is 32. The summed E-state index contributed by atoms with van der Waals surface area (Å²) >= 11 is 0. The van der Waals surface area contributed by atoms with Crippen LogP contribution in [-0.2, 0) is 28.6 Å². The van der Waals surface area contributed by atoms with E-state index in [1.54, 1.807) is 0 Å². The topological polar surface area (TPSA) is 78.9 Å². The van der Waals surface area contributed by atoms with Crippen molar-refractivity contribution in [1.29, 1.82) is 0 Å². The largest absolute Gasteiger partial charge is 0.462 e. The van der Waals surface area contributed by atoms with Gasteiger partial charge in [-0.25, -0.2) is 0 Å². The van der Waals surface area contributed by atoms with E-state index >= 15 is 0 Å². The zero-order valence-corrected chi connectivity index (χ0v) is 43.3. The summed E-state index contributed by atoms with van der Waals surface area (Å²) in [6.45, 7) is 6.45. The molecule has 0 radical (unpaired) electrons. The van der Waals surface area contributed by atoms with Gasteiger partial charge in [-0.1, -0.05) is 249 Å². The van der Waals surface area contributed by atoms with Gasteiger partial charge in [0.05, 0.1) is 0 Å². The zero-order chi connectivity index (χ0) is 47.2. The van der Waals surface area contributed by atoms with Crippen molar-refractivity contribution in [1.82, 2.24) is 0 Å². The third-order valence-electron chi connectivity index (χ3n) is 12.3. The van der Waals surface area contributed by atoms with Gasteiger partial charge >= 0.3 is 17.9 Å². The number of allylic oxidation sites excluding steroid dienone is 8. The van der Waals surface area contributed by atoms with Gasteiger partial charge in [0.1, 0.15) is 13.2 Å². The Bertz CT molecular complexity index is 1140. The summed E-state index contributed by atoms with van der Waals surface area (Å²) in [6, 6.07) is 0. The highest BCUT2D eigenvalue weighted by Gasteiger charge is 2.19. The Morgan fingerprint density at radius 2 is 0.600 bits per heavy atom. The molecule has 0 aromatic heterocycles. The van der Waals surface area contributed by atoms with Crippen LogP contribution in [0.5, 0.6) is 0 Å². The van der Waals surface area contributed by atoms with E-state index in [2.05, 4.69) is 69.4 Å². The number of hydrogen-bond donors (Lipinski definition) is 0. The van der Waals surface area contributed by atoms with Crippen LogP contribution in [0.1, 0.15) is 290 Å². The molecule has 0 saturated heterocycles. The van der Waals surface area contributed by atoms with Gasteiger partial charge in [-0.3, -0.25) is 14.4 Å². The smallest absolute Gasteiger partial charge is 0.306 e. The predicted molar refractivity (Wildman–Crippen MR) is 279 cm³/mol. The third kappa shape index (κ3) is 52.2. The lowest BCUT2D eigenvalue weighted by Crippen LogP contribution is -2.30. The molecule has 378 valence electrons. The van der Waals surface area contributed by atoms with Gasteiger partial charge in [-0.05, 0) is 70.6 Å². The fraction of sp³-hybridized carbons (Fsp3) is 0.814. The standard InChI is InChI=1S/C59H106O6/c1-4-7-10-13-16-19-22-25-28-29-30-31-32-35-37-40-43-46-49-52-58(61)64-55-56(65-59(62)53-50-47-44-41-38-34-27-24-21-18-15-12-9-6-3)54-63-57(60)51-48-45-42-39-36-33-26-23-20-17-14-11-8-5-2/h8-9,11-12,17-18,20-21,56H,4-7,10,13-16,19,22-55H2,1-3H3/b11-8-,12-9-,20-17-,21-18-. The summed E-state index contributed by atoms with van der Waals surface area (Å²) in [7, 11) is 0. The number of ether oxygens (including phenoxy) is 3. The summed E-state index contributed by atoms with van der Waals surface area (Å²) in [5, 5.41) is 0. The number of hydrogen-bond acceptors (Lipinski definition) is 6. The molecule has 6 nitrogen and oxygen atoms in total. The predicted octanol–water partition coefficient (Wildman–Crippen LogP) is 18.7. The quantitative estimate of drug-likeness (QED) is 0.0262. The summed E-state index contributed by atoms with van der Waals surface area (Å²) < 4.78 is 16.8. The average molecular weight is 911 g/mol. The fourth-order valence-corrected chi connectivity index (χ4v) is 8.17. The number of carbonyl (C=O) groups excluding carboxylic acids is 3. The molecule has 0 amide bonds. The Morgan fingerprint density at radius 1 is 0.323 bits per heavy atom. The molecular formula is C59H106O6. The molecular weight excluding hydrogens is 805 g/mol. The van der Waals surface area contributed by atoms with Crippen molar-refractivity contribution in [3.05, 3.63) is 48.6 Å². The van der Waals surface area contributed by atoms with Crippen LogP contribution in [0.25, 0.3) is 0 Å². The van der Waals surface area contributed by atoms with Gasteiger partial charge in [0.15, 0.2) is 6.10 Å². The van der Waals surface area contributed by atoms with Crippen molar-refractivity contribution in [3.63, 3.8) is 0 Å². The number of carbonyl (C=O) groups is 3. The lowest BCUT2D eigenvalue weighted by molar-refractivity contribution is -0.167. The molecule has 0 N–H and O–H groups in total. The van der Waals surface area contributed by atoms with E-state index in [4.69, 9.17) is 14.2 Å². The third-order valence-corrected chi connectivity index (χ3v) is 12.3. The first-order valence-electron chi connectivity index (χ1n) is 28.1. The van der Waals surface area contributed by atoms with E-state index in [1.807, 2.05) is 0 Å². The average Bonchev–Trinajstić information content (AvgIpc) is 3.30. The Hall–Kier alpha value is -2.63. The molecule has 0 aromatic carbocycles. The molecule has 65 heavy (non-hydrogen) atoms. The first kappa shape index (κ1) is 62.4. The number of esters is 3. The van der Waals surface area contributed by atoms with Gasteiger partial charge in [0.25, 0.3) is 0 Å². The lowest BCUT2D eigenvalue weighted by atomic mass is 10.0. The lowest BCUT2D eigenvalue weighted by Gasteiger charge is -2.18. The van der Waals surface area contributed by atoms with Gasteiger partial charge in [0, 0.05) is 19.3 Å². The van der Waals surface area contributed by atoms with Gasteiger partial charge in [-0.15, -0.1) is 0 Å². The first-order valence-corrected chi connectivity index (χ1v) is 28.1. The Balaban J connectivity index is 4.32. The molecule has 1 atom stereocenters. The SMILES string of the molecule is CC/C=C\C/C=C\CCCCCCCCCC(=O)OCC(COC(=O)CCCCCCCCCCCCCCCCCCCCC)OC(=O)CCCCCCCCC/C=C\C/C=C\CC. The summed E-state index contributed by atoms with van der Waals surface area (Å²) in [6.07, 6.45) is 65.3. The van der Waals surface area contributed by atoms with E-state index in [9.17, 15) is 14.4 Å². The maximum Gasteiger partial charge on any atom is 0.306 e. The van der Waals surface area contributed by atoms with Crippen LogP contribution in [0.4, 0.5) is 0 Å². The van der Waals surface area contributed by atoms with Crippen LogP contribution in [-0.4, -0.2) is 37.2 Å². The number of rotatable bonds is 51. The summed E-state index contributed by atoms with van der Waals surface area (Å²) in [4.78, 5) is 38.1. The van der Waals surface area contributed by atoms with Crippen LogP contribution in [0.2, 0.25) is 0 Å². The highest BCUT2D eigenvalue weighted by Crippen LogP contribution is 2.17. The second kappa shape index (κ2) is 54.0. The highest BCUT2D eigenvalue weighted by atomic mass is 16.6. The molecule has 0 aromatic rings. The van der Waals surface area contributed by atoms with E-state index in [0.29, 0.717) is 19.3 Å². The van der Waals surface area contributed by atoms with Crippen molar-refractivity contribution in [2.24, 2.45) is 0 Å². The minimum Gasteiger partial charge on any atom is -0.462 e. The fourth-order valence-electron chi connectivity index (χ4n) is 8.17. The van der Waals surface area contributed by atoms with E-state index in [0.717, 1.165) is 96.3 Å². The van der Waals surface area contributed by atoms with Crippen molar-refractivity contribution in [2.75, 3.05) is 13.2 Å². The van der Waals surface area contributed by atoms with Crippen molar-refractivity contribution >= 4 is 17.9 Å². The molecule has 0 bridgehead atoms. The van der Waals surface area contributed by atoms with Crippen LogP contribution in [0.3, 0.4) is 0 Å². The normalized spacial score (nSPS) is 12.4. The highest BCUT2D eigenvalue weighted by molar-refractivity contribution is 5.71. The molecule has 0 spiro atoms. The molecule has 1 unspecified atom stereocenters. The second-order valence-electron chi connectivity index (χ2n) is 18.8. The molecule has 6 heteroatoms. The van der Waals surface area contributed by atoms with Crippen LogP contribution >= 0.6 is 0 Å². The molecule has 0 rings (SSSR count). The Kier molecular flexibility index (Phi) is 51.8.